The summed E-state index contributed by atoms with van der Waals surface area (Å²) in [6, 6.07) is 9.82. The number of carbonyl (C=O) groups excluding carboxylic acids is 1. The Morgan fingerprint density at radius 3 is 2.67 bits per heavy atom. The first-order valence-corrected chi connectivity index (χ1v) is 6.64. The average Bonchev–Trinajstić information content (AvgIpc) is 2.70. The fourth-order valence-electron chi connectivity index (χ4n) is 2.71. The standard InChI is InChI=1S/C15H22NO2/c1-16(2)11-6-9-14(16)10-12-18-15(17)13-7-4-3-5-8-13/h3-5,7-8,14H,6,9-12H2,1-2H3/q+1. The van der Waals surface area contributed by atoms with E-state index in [1.165, 1.54) is 19.4 Å². The molecule has 1 aromatic carbocycles. The van der Waals surface area contributed by atoms with Gasteiger partial charge < -0.3 is 9.22 Å². The van der Waals surface area contributed by atoms with Gasteiger partial charge in [-0.2, -0.15) is 0 Å². The van der Waals surface area contributed by atoms with Crippen LogP contribution in [0.4, 0.5) is 0 Å². The monoisotopic (exact) mass is 248 g/mol. The van der Waals surface area contributed by atoms with E-state index >= 15 is 0 Å². The molecule has 0 saturated carbocycles. The Balaban J connectivity index is 1.78. The van der Waals surface area contributed by atoms with E-state index in [-0.39, 0.29) is 5.97 Å². The Labute approximate surface area is 109 Å². The van der Waals surface area contributed by atoms with Gasteiger partial charge in [0.05, 0.1) is 38.9 Å². The second kappa shape index (κ2) is 5.53. The summed E-state index contributed by atoms with van der Waals surface area (Å²) in [4.78, 5) is 11.8. The number of likely N-dealkylation sites (tertiary alicyclic amines) is 1. The van der Waals surface area contributed by atoms with Gasteiger partial charge in [-0.25, -0.2) is 4.79 Å². The molecule has 98 valence electrons. The van der Waals surface area contributed by atoms with E-state index in [9.17, 15) is 4.79 Å². The highest BCUT2D eigenvalue weighted by Gasteiger charge is 2.33. The number of hydrogen-bond acceptors (Lipinski definition) is 2. The van der Waals surface area contributed by atoms with Crippen molar-refractivity contribution in [2.24, 2.45) is 0 Å². The van der Waals surface area contributed by atoms with E-state index in [2.05, 4.69) is 14.1 Å². The maximum absolute atomic E-state index is 11.8. The van der Waals surface area contributed by atoms with Crippen LogP contribution >= 0.6 is 0 Å². The molecule has 0 radical (unpaired) electrons. The van der Waals surface area contributed by atoms with Crippen LogP contribution in [0.25, 0.3) is 0 Å². The number of benzene rings is 1. The van der Waals surface area contributed by atoms with Gasteiger partial charge in [-0.1, -0.05) is 18.2 Å². The van der Waals surface area contributed by atoms with Crippen LogP contribution in [0, 0.1) is 0 Å². The van der Waals surface area contributed by atoms with Crippen LogP contribution in [0.5, 0.6) is 0 Å². The quantitative estimate of drug-likeness (QED) is 0.604. The van der Waals surface area contributed by atoms with Crippen LogP contribution in [0.15, 0.2) is 30.3 Å². The summed E-state index contributed by atoms with van der Waals surface area (Å²) >= 11 is 0. The molecule has 2 rings (SSSR count). The Morgan fingerprint density at radius 1 is 1.33 bits per heavy atom. The van der Waals surface area contributed by atoms with Crippen LogP contribution in [-0.4, -0.2) is 43.7 Å². The lowest BCUT2D eigenvalue weighted by Gasteiger charge is -2.31. The van der Waals surface area contributed by atoms with E-state index in [0.29, 0.717) is 18.2 Å². The molecule has 0 bridgehead atoms. The van der Waals surface area contributed by atoms with E-state index in [1.54, 1.807) is 12.1 Å². The number of carbonyl (C=O) groups is 1. The molecule has 18 heavy (non-hydrogen) atoms. The smallest absolute Gasteiger partial charge is 0.338 e. The van der Waals surface area contributed by atoms with Gasteiger partial charge in [0, 0.05) is 19.3 Å². The minimum absolute atomic E-state index is 0.209. The van der Waals surface area contributed by atoms with Crippen molar-refractivity contribution in [2.75, 3.05) is 27.2 Å². The van der Waals surface area contributed by atoms with Crippen LogP contribution in [-0.2, 0) is 4.74 Å². The van der Waals surface area contributed by atoms with Gasteiger partial charge >= 0.3 is 5.97 Å². The molecule has 0 amide bonds. The molecule has 1 aliphatic rings. The molecule has 0 spiro atoms. The van der Waals surface area contributed by atoms with E-state index in [4.69, 9.17) is 4.74 Å². The summed E-state index contributed by atoms with van der Waals surface area (Å²) in [6.45, 7) is 1.76. The van der Waals surface area contributed by atoms with Crippen molar-refractivity contribution < 1.29 is 14.0 Å². The van der Waals surface area contributed by atoms with Gasteiger partial charge in [-0.3, -0.25) is 0 Å². The Hall–Kier alpha value is -1.35. The third kappa shape index (κ3) is 3.10. The summed E-state index contributed by atoms with van der Waals surface area (Å²) in [6.07, 6.45) is 3.49. The highest BCUT2D eigenvalue weighted by atomic mass is 16.5. The first-order valence-electron chi connectivity index (χ1n) is 6.64. The molecule has 1 aromatic rings. The number of nitrogens with zero attached hydrogens (tertiary/aromatic N) is 1. The second-order valence-electron chi connectivity index (χ2n) is 5.59. The molecular formula is C15H22NO2+. The van der Waals surface area contributed by atoms with Gasteiger partial charge in [-0.15, -0.1) is 0 Å². The van der Waals surface area contributed by atoms with Crippen LogP contribution in [0.2, 0.25) is 0 Å². The zero-order chi connectivity index (χ0) is 13.0. The van der Waals surface area contributed by atoms with Crippen molar-refractivity contribution in [3.8, 4) is 0 Å². The third-order valence-electron chi connectivity index (χ3n) is 3.95. The summed E-state index contributed by atoms with van der Waals surface area (Å²) in [5, 5.41) is 0. The molecule has 1 aliphatic heterocycles. The van der Waals surface area contributed by atoms with Crippen molar-refractivity contribution in [1.82, 2.24) is 0 Å². The zero-order valence-electron chi connectivity index (χ0n) is 11.3. The summed E-state index contributed by atoms with van der Waals surface area (Å²) in [7, 11) is 4.52. The summed E-state index contributed by atoms with van der Waals surface area (Å²) in [5.74, 6) is -0.209. The third-order valence-corrected chi connectivity index (χ3v) is 3.95. The molecule has 1 atom stereocenters. The van der Waals surface area contributed by atoms with Crippen molar-refractivity contribution in [3.05, 3.63) is 35.9 Å². The summed E-state index contributed by atoms with van der Waals surface area (Å²) in [5.41, 5.74) is 0.637. The van der Waals surface area contributed by atoms with Gasteiger partial charge in [0.25, 0.3) is 0 Å². The molecule has 0 N–H and O–H groups in total. The molecule has 3 heteroatoms. The molecule has 1 saturated heterocycles. The average molecular weight is 248 g/mol. The van der Waals surface area contributed by atoms with E-state index < -0.39 is 0 Å². The molecule has 3 nitrogen and oxygen atoms in total. The minimum atomic E-state index is -0.209. The largest absolute Gasteiger partial charge is 0.462 e. The minimum Gasteiger partial charge on any atom is -0.462 e. The summed E-state index contributed by atoms with van der Waals surface area (Å²) < 4.78 is 6.39. The van der Waals surface area contributed by atoms with Gasteiger partial charge in [0.15, 0.2) is 0 Å². The Morgan fingerprint density at radius 2 is 2.06 bits per heavy atom. The predicted octanol–water partition coefficient (Wildman–Crippen LogP) is 2.47. The lowest BCUT2D eigenvalue weighted by Crippen LogP contribution is -2.44. The molecule has 0 aliphatic carbocycles. The Bertz CT molecular complexity index is 400. The van der Waals surface area contributed by atoms with E-state index in [0.717, 1.165) is 10.9 Å². The molecule has 0 aromatic heterocycles. The van der Waals surface area contributed by atoms with Crippen LogP contribution in [0.3, 0.4) is 0 Å². The lowest BCUT2D eigenvalue weighted by molar-refractivity contribution is -0.902. The fourth-order valence-corrected chi connectivity index (χ4v) is 2.71. The maximum atomic E-state index is 11.8. The van der Waals surface area contributed by atoms with Crippen LogP contribution in [0.1, 0.15) is 29.6 Å². The number of hydrogen-bond donors (Lipinski definition) is 0. The molecule has 1 fully saturated rings. The number of quaternary nitrogens is 1. The van der Waals surface area contributed by atoms with Gasteiger partial charge in [-0.05, 0) is 12.1 Å². The lowest BCUT2D eigenvalue weighted by atomic mass is 10.1. The topological polar surface area (TPSA) is 26.3 Å². The number of ether oxygens (including phenoxy) is 1. The van der Waals surface area contributed by atoms with Crippen molar-refractivity contribution in [2.45, 2.75) is 25.3 Å². The first kappa shape index (κ1) is 13.1. The van der Waals surface area contributed by atoms with Crippen molar-refractivity contribution >= 4 is 5.97 Å². The fraction of sp³-hybridized carbons (Fsp3) is 0.533. The zero-order valence-corrected chi connectivity index (χ0v) is 11.3. The maximum Gasteiger partial charge on any atom is 0.338 e. The van der Waals surface area contributed by atoms with Crippen molar-refractivity contribution in [1.29, 1.82) is 0 Å². The Kier molecular flexibility index (Phi) is 4.02. The van der Waals surface area contributed by atoms with Gasteiger partial charge in [0.2, 0.25) is 0 Å². The van der Waals surface area contributed by atoms with Gasteiger partial charge in [0.1, 0.15) is 0 Å². The second-order valence-corrected chi connectivity index (χ2v) is 5.59. The molecule has 1 unspecified atom stereocenters. The number of rotatable bonds is 4. The highest BCUT2D eigenvalue weighted by Crippen LogP contribution is 2.24. The van der Waals surface area contributed by atoms with E-state index in [1.807, 2.05) is 18.2 Å². The van der Waals surface area contributed by atoms with Crippen molar-refractivity contribution in [3.63, 3.8) is 0 Å². The predicted molar refractivity (Wildman–Crippen MR) is 71.3 cm³/mol. The normalized spacial score (nSPS) is 21.8. The van der Waals surface area contributed by atoms with Crippen LogP contribution < -0.4 is 0 Å². The SMILES string of the molecule is C[N+]1(C)CCCC1CCOC(=O)c1ccccc1. The molecule has 1 heterocycles. The number of esters is 1. The highest BCUT2D eigenvalue weighted by molar-refractivity contribution is 5.89. The first-order chi connectivity index (χ1) is 8.59. The molecular weight excluding hydrogens is 226 g/mol.